The van der Waals surface area contributed by atoms with E-state index in [0.29, 0.717) is 11.2 Å². The molecule has 2 atom stereocenters. The van der Waals surface area contributed by atoms with Crippen LogP contribution in [-0.4, -0.2) is 5.78 Å². The fourth-order valence-electron chi connectivity index (χ4n) is 3.14. The zero-order valence-corrected chi connectivity index (χ0v) is 8.88. The Morgan fingerprint density at radius 3 is 3.14 bits per heavy atom. The summed E-state index contributed by atoms with van der Waals surface area (Å²) in [5, 5.41) is 0. The maximum absolute atomic E-state index is 11.4. The average molecular weight is 190 g/mol. The summed E-state index contributed by atoms with van der Waals surface area (Å²) in [4.78, 5) is 11.4. The standard InChI is InChI=1S/C13H18O/c1-3-7-13-8-6-12(14)9-11(13)5-4-10(13)2/h3,9-10H,1,4-8H2,2H3/t10-,13+/m1/s1. The van der Waals surface area contributed by atoms with Crippen LogP contribution in [0.5, 0.6) is 0 Å². The van der Waals surface area contributed by atoms with E-state index >= 15 is 0 Å². The van der Waals surface area contributed by atoms with Crippen molar-refractivity contribution in [3.05, 3.63) is 24.3 Å². The van der Waals surface area contributed by atoms with Gasteiger partial charge < -0.3 is 0 Å². The second-order valence-electron chi connectivity index (χ2n) is 4.72. The molecule has 0 amide bonds. The molecule has 0 aliphatic heterocycles. The Bertz CT molecular complexity index is 300. The van der Waals surface area contributed by atoms with Gasteiger partial charge in [0.15, 0.2) is 5.78 Å². The van der Waals surface area contributed by atoms with Crippen LogP contribution in [0.15, 0.2) is 24.3 Å². The van der Waals surface area contributed by atoms with Crippen molar-refractivity contribution in [2.24, 2.45) is 11.3 Å². The Kier molecular flexibility index (Phi) is 2.34. The summed E-state index contributed by atoms with van der Waals surface area (Å²) in [6, 6.07) is 0. The van der Waals surface area contributed by atoms with Crippen molar-refractivity contribution in [1.82, 2.24) is 0 Å². The second kappa shape index (κ2) is 3.38. The lowest BCUT2D eigenvalue weighted by Crippen LogP contribution is -2.29. The molecule has 2 rings (SSSR count). The molecule has 0 bridgehead atoms. The van der Waals surface area contributed by atoms with Crippen molar-refractivity contribution in [2.75, 3.05) is 0 Å². The van der Waals surface area contributed by atoms with Crippen LogP contribution in [0.2, 0.25) is 0 Å². The van der Waals surface area contributed by atoms with Gasteiger partial charge in [-0.1, -0.05) is 18.6 Å². The summed E-state index contributed by atoms with van der Waals surface area (Å²) in [5.41, 5.74) is 1.71. The van der Waals surface area contributed by atoms with Crippen LogP contribution in [0.25, 0.3) is 0 Å². The maximum atomic E-state index is 11.4. The van der Waals surface area contributed by atoms with Gasteiger partial charge in [0, 0.05) is 6.42 Å². The number of carbonyl (C=O) groups excluding carboxylic acids is 1. The highest BCUT2D eigenvalue weighted by Crippen LogP contribution is 2.54. The van der Waals surface area contributed by atoms with E-state index in [0.717, 1.165) is 31.6 Å². The SMILES string of the molecule is C=CC[C@@]12CCC(=O)C=C1CC[C@H]2C. The number of hydrogen-bond donors (Lipinski definition) is 0. The van der Waals surface area contributed by atoms with Gasteiger partial charge in [0.25, 0.3) is 0 Å². The topological polar surface area (TPSA) is 17.1 Å². The molecule has 0 heterocycles. The van der Waals surface area contributed by atoms with Crippen LogP contribution in [0.4, 0.5) is 0 Å². The normalized spacial score (nSPS) is 36.5. The predicted octanol–water partition coefficient (Wildman–Crippen LogP) is 3.27. The fraction of sp³-hybridized carbons (Fsp3) is 0.615. The number of carbonyl (C=O) groups is 1. The summed E-state index contributed by atoms with van der Waals surface area (Å²) in [6.07, 6.45) is 9.13. The van der Waals surface area contributed by atoms with E-state index in [1.54, 1.807) is 0 Å². The minimum atomic E-state index is 0.301. The first-order chi connectivity index (χ1) is 6.69. The largest absolute Gasteiger partial charge is 0.295 e. The Hall–Kier alpha value is -0.850. The molecule has 0 aromatic carbocycles. The Morgan fingerprint density at radius 2 is 2.43 bits per heavy atom. The quantitative estimate of drug-likeness (QED) is 0.611. The van der Waals surface area contributed by atoms with Gasteiger partial charge in [-0.2, -0.15) is 0 Å². The van der Waals surface area contributed by atoms with Gasteiger partial charge in [-0.3, -0.25) is 4.79 Å². The summed E-state index contributed by atoms with van der Waals surface area (Å²) in [5.74, 6) is 1.05. The number of rotatable bonds is 2. The van der Waals surface area contributed by atoms with Gasteiger partial charge in [-0.15, -0.1) is 6.58 Å². The molecule has 0 aromatic heterocycles. The molecule has 1 nitrogen and oxygen atoms in total. The van der Waals surface area contributed by atoms with E-state index in [-0.39, 0.29) is 0 Å². The van der Waals surface area contributed by atoms with Crippen molar-refractivity contribution in [3.63, 3.8) is 0 Å². The van der Waals surface area contributed by atoms with E-state index in [1.165, 1.54) is 12.0 Å². The number of hydrogen-bond acceptors (Lipinski definition) is 1. The van der Waals surface area contributed by atoms with E-state index in [2.05, 4.69) is 13.5 Å². The first-order valence-electron chi connectivity index (χ1n) is 5.54. The summed E-state index contributed by atoms with van der Waals surface area (Å²) >= 11 is 0. The van der Waals surface area contributed by atoms with Gasteiger partial charge in [-0.05, 0) is 43.1 Å². The molecular formula is C13H18O. The summed E-state index contributed by atoms with van der Waals surface area (Å²) in [7, 11) is 0. The first-order valence-corrected chi connectivity index (χ1v) is 5.54. The average Bonchev–Trinajstić information content (AvgIpc) is 2.46. The monoisotopic (exact) mass is 190 g/mol. The fourth-order valence-corrected chi connectivity index (χ4v) is 3.14. The molecule has 2 aliphatic rings. The lowest BCUT2D eigenvalue weighted by Gasteiger charge is -2.36. The lowest BCUT2D eigenvalue weighted by molar-refractivity contribution is -0.115. The van der Waals surface area contributed by atoms with Crippen molar-refractivity contribution in [3.8, 4) is 0 Å². The van der Waals surface area contributed by atoms with Crippen molar-refractivity contribution in [2.45, 2.75) is 39.0 Å². The van der Waals surface area contributed by atoms with Crippen LogP contribution in [0.1, 0.15) is 39.0 Å². The van der Waals surface area contributed by atoms with Gasteiger partial charge in [0.2, 0.25) is 0 Å². The molecule has 76 valence electrons. The van der Waals surface area contributed by atoms with Crippen molar-refractivity contribution in [1.29, 1.82) is 0 Å². The second-order valence-corrected chi connectivity index (χ2v) is 4.72. The highest BCUT2D eigenvalue weighted by Gasteiger charge is 2.44. The molecule has 1 heteroatoms. The number of fused-ring (bicyclic) bond motifs is 1. The van der Waals surface area contributed by atoms with E-state index in [4.69, 9.17) is 0 Å². The molecular weight excluding hydrogens is 172 g/mol. The van der Waals surface area contributed by atoms with Gasteiger partial charge in [-0.25, -0.2) is 0 Å². The van der Waals surface area contributed by atoms with Crippen LogP contribution < -0.4 is 0 Å². The Balaban J connectivity index is 2.37. The third-order valence-corrected chi connectivity index (χ3v) is 4.09. The van der Waals surface area contributed by atoms with Crippen LogP contribution in [0, 0.1) is 11.3 Å². The molecule has 0 spiro atoms. The summed E-state index contributed by atoms with van der Waals surface area (Å²) < 4.78 is 0. The highest BCUT2D eigenvalue weighted by atomic mass is 16.1. The van der Waals surface area contributed by atoms with E-state index in [1.807, 2.05) is 12.2 Å². The van der Waals surface area contributed by atoms with Gasteiger partial charge in [0.1, 0.15) is 0 Å². The predicted molar refractivity (Wildman–Crippen MR) is 58.0 cm³/mol. The third-order valence-electron chi connectivity index (χ3n) is 4.09. The van der Waals surface area contributed by atoms with Crippen LogP contribution >= 0.6 is 0 Å². The van der Waals surface area contributed by atoms with Crippen molar-refractivity contribution < 1.29 is 4.79 Å². The zero-order valence-electron chi connectivity index (χ0n) is 8.88. The lowest BCUT2D eigenvalue weighted by atomic mass is 9.67. The van der Waals surface area contributed by atoms with E-state index in [9.17, 15) is 4.79 Å². The minimum Gasteiger partial charge on any atom is -0.295 e. The molecule has 0 saturated heterocycles. The van der Waals surface area contributed by atoms with Crippen LogP contribution in [-0.2, 0) is 4.79 Å². The van der Waals surface area contributed by atoms with Crippen molar-refractivity contribution >= 4 is 5.78 Å². The first kappa shape index (κ1) is 9.70. The Labute approximate surface area is 85.9 Å². The minimum absolute atomic E-state index is 0.301. The molecule has 14 heavy (non-hydrogen) atoms. The highest BCUT2D eigenvalue weighted by molar-refractivity contribution is 5.91. The molecule has 1 saturated carbocycles. The maximum Gasteiger partial charge on any atom is 0.155 e. The molecule has 1 fully saturated rings. The molecule has 0 aromatic rings. The van der Waals surface area contributed by atoms with E-state index < -0.39 is 0 Å². The van der Waals surface area contributed by atoms with Crippen LogP contribution in [0.3, 0.4) is 0 Å². The molecule has 0 unspecified atom stereocenters. The van der Waals surface area contributed by atoms with Gasteiger partial charge >= 0.3 is 0 Å². The van der Waals surface area contributed by atoms with Gasteiger partial charge in [0.05, 0.1) is 0 Å². The molecule has 0 N–H and O–H groups in total. The Morgan fingerprint density at radius 1 is 1.64 bits per heavy atom. The third kappa shape index (κ3) is 1.26. The zero-order chi connectivity index (χ0) is 10.2. The number of allylic oxidation sites excluding steroid dienone is 3. The number of ketones is 1. The smallest absolute Gasteiger partial charge is 0.155 e. The molecule has 0 radical (unpaired) electrons. The summed E-state index contributed by atoms with van der Waals surface area (Å²) in [6.45, 7) is 6.17. The molecule has 2 aliphatic carbocycles.